The summed E-state index contributed by atoms with van der Waals surface area (Å²) in [7, 11) is 0. The van der Waals surface area contributed by atoms with Gasteiger partial charge in [0.05, 0.1) is 19.6 Å². The van der Waals surface area contributed by atoms with Crippen molar-refractivity contribution in [3.05, 3.63) is 0 Å². The number of morpholine rings is 1. The summed E-state index contributed by atoms with van der Waals surface area (Å²) < 4.78 is 40.9. The molecular weight excluding hydrogens is 221 g/mol. The molecule has 16 heavy (non-hydrogen) atoms. The molecule has 0 aromatic heterocycles. The SMILES string of the molecule is CC(CC1COCCN1)NCCC(F)(F)F. The second-order valence-electron chi connectivity index (χ2n) is 4.18. The van der Waals surface area contributed by atoms with Crippen molar-refractivity contribution in [1.29, 1.82) is 0 Å². The van der Waals surface area contributed by atoms with E-state index in [1.165, 1.54) is 0 Å². The fourth-order valence-corrected chi connectivity index (χ4v) is 1.74. The number of nitrogens with one attached hydrogen (secondary N) is 2. The van der Waals surface area contributed by atoms with Crippen molar-refractivity contribution in [1.82, 2.24) is 10.6 Å². The molecule has 0 spiro atoms. The lowest BCUT2D eigenvalue weighted by atomic mass is 10.1. The molecule has 0 aliphatic carbocycles. The Bertz CT molecular complexity index is 193. The summed E-state index contributed by atoms with van der Waals surface area (Å²) in [5, 5.41) is 6.14. The van der Waals surface area contributed by atoms with Crippen molar-refractivity contribution >= 4 is 0 Å². The standard InChI is InChI=1S/C10H19F3N2O/c1-8(14-3-2-10(11,12)13)6-9-7-16-5-4-15-9/h8-9,14-15H,2-7H2,1H3. The summed E-state index contributed by atoms with van der Waals surface area (Å²) in [6, 6.07) is 0.323. The van der Waals surface area contributed by atoms with Gasteiger partial charge in [-0.1, -0.05) is 0 Å². The van der Waals surface area contributed by atoms with Crippen LogP contribution in [-0.2, 0) is 4.74 Å². The lowest BCUT2D eigenvalue weighted by molar-refractivity contribution is -0.133. The van der Waals surface area contributed by atoms with Crippen LogP contribution in [-0.4, -0.2) is 44.6 Å². The average Bonchev–Trinajstić information content (AvgIpc) is 2.17. The van der Waals surface area contributed by atoms with Gasteiger partial charge in [0.15, 0.2) is 0 Å². The average molecular weight is 240 g/mol. The number of alkyl halides is 3. The largest absolute Gasteiger partial charge is 0.390 e. The monoisotopic (exact) mass is 240 g/mol. The van der Waals surface area contributed by atoms with Gasteiger partial charge >= 0.3 is 6.18 Å². The topological polar surface area (TPSA) is 33.3 Å². The van der Waals surface area contributed by atoms with Crippen LogP contribution in [0.4, 0.5) is 13.2 Å². The van der Waals surface area contributed by atoms with Crippen LogP contribution < -0.4 is 10.6 Å². The molecule has 0 bridgehead atoms. The van der Waals surface area contributed by atoms with Gasteiger partial charge < -0.3 is 15.4 Å². The van der Waals surface area contributed by atoms with Gasteiger partial charge in [-0.25, -0.2) is 0 Å². The van der Waals surface area contributed by atoms with Crippen molar-refractivity contribution in [2.75, 3.05) is 26.3 Å². The lowest BCUT2D eigenvalue weighted by Gasteiger charge is -2.26. The molecule has 2 unspecified atom stereocenters. The summed E-state index contributed by atoms with van der Waals surface area (Å²) in [5.41, 5.74) is 0. The predicted octanol–water partition coefficient (Wildman–Crippen LogP) is 1.30. The van der Waals surface area contributed by atoms with Gasteiger partial charge in [-0.15, -0.1) is 0 Å². The summed E-state index contributed by atoms with van der Waals surface area (Å²) in [6.07, 6.45) is -4.05. The smallest absolute Gasteiger partial charge is 0.379 e. The Morgan fingerprint density at radius 2 is 2.25 bits per heavy atom. The fourth-order valence-electron chi connectivity index (χ4n) is 1.74. The molecule has 0 saturated carbocycles. The van der Waals surface area contributed by atoms with E-state index in [2.05, 4.69) is 10.6 Å². The molecule has 0 aromatic carbocycles. The van der Waals surface area contributed by atoms with E-state index in [0.717, 1.165) is 13.0 Å². The molecule has 0 amide bonds. The summed E-state index contributed by atoms with van der Waals surface area (Å²) >= 11 is 0. The van der Waals surface area contributed by atoms with Crippen LogP contribution >= 0.6 is 0 Å². The second kappa shape index (κ2) is 6.42. The van der Waals surface area contributed by atoms with E-state index in [9.17, 15) is 13.2 Å². The molecule has 2 N–H and O–H groups in total. The van der Waals surface area contributed by atoms with Gasteiger partial charge in [0.1, 0.15) is 0 Å². The van der Waals surface area contributed by atoms with Crippen molar-refractivity contribution in [3.63, 3.8) is 0 Å². The van der Waals surface area contributed by atoms with Crippen LogP contribution in [0.3, 0.4) is 0 Å². The first-order valence-corrected chi connectivity index (χ1v) is 5.58. The molecule has 0 aromatic rings. The molecule has 1 heterocycles. The summed E-state index contributed by atoms with van der Waals surface area (Å²) in [4.78, 5) is 0. The molecule has 6 heteroatoms. The number of halogens is 3. The van der Waals surface area contributed by atoms with Crippen LogP contribution in [0.1, 0.15) is 19.8 Å². The molecule has 3 nitrogen and oxygen atoms in total. The van der Waals surface area contributed by atoms with Gasteiger partial charge in [0.25, 0.3) is 0 Å². The molecule has 96 valence electrons. The van der Waals surface area contributed by atoms with Crippen LogP contribution in [0.5, 0.6) is 0 Å². The van der Waals surface area contributed by atoms with Crippen molar-refractivity contribution < 1.29 is 17.9 Å². The van der Waals surface area contributed by atoms with E-state index in [1.807, 2.05) is 6.92 Å². The third kappa shape index (κ3) is 6.30. The summed E-state index contributed by atoms with van der Waals surface area (Å²) in [6.45, 7) is 4.06. The van der Waals surface area contributed by atoms with Gasteiger partial charge in [-0.05, 0) is 13.3 Å². The first kappa shape index (κ1) is 13.7. The third-order valence-corrected chi connectivity index (χ3v) is 2.54. The molecular formula is C10H19F3N2O. The van der Waals surface area contributed by atoms with Crippen LogP contribution in [0.25, 0.3) is 0 Å². The first-order valence-electron chi connectivity index (χ1n) is 5.58. The van der Waals surface area contributed by atoms with E-state index in [1.54, 1.807) is 0 Å². The summed E-state index contributed by atoms with van der Waals surface area (Å²) in [5.74, 6) is 0. The molecule has 1 aliphatic rings. The predicted molar refractivity (Wildman–Crippen MR) is 55.4 cm³/mol. The molecule has 1 aliphatic heterocycles. The minimum absolute atomic E-state index is 0.0156. The van der Waals surface area contributed by atoms with Gasteiger partial charge in [-0.3, -0.25) is 0 Å². The zero-order valence-corrected chi connectivity index (χ0v) is 9.44. The number of hydrogen-bond acceptors (Lipinski definition) is 3. The van der Waals surface area contributed by atoms with E-state index in [4.69, 9.17) is 4.74 Å². The van der Waals surface area contributed by atoms with Crippen LogP contribution in [0.15, 0.2) is 0 Å². The zero-order valence-electron chi connectivity index (χ0n) is 9.44. The van der Waals surface area contributed by atoms with Crippen molar-refractivity contribution in [2.45, 2.75) is 38.0 Å². The number of rotatable bonds is 5. The van der Waals surface area contributed by atoms with E-state index < -0.39 is 12.6 Å². The van der Waals surface area contributed by atoms with Gasteiger partial charge in [0, 0.05) is 25.2 Å². The van der Waals surface area contributed by atoms with E-state index >= 15 is 0 Å². The Hall–Kier alpha value is -0.330. The van der Waals surface area contributed by atoms with Crippen LogP contribution in [0.2, 0.25) is 0 Å². The Labute approximate surface area is 93.7 Å². The van der Waals surface area contributed by atoms with Crippen LogP contribution in [0, 0.1) is 0 Å². The van der Waals surface area contributed by atoms with Gasteiger partial charge in [0.2, 0.25) is 0 Å². The van der Waals surface area contributed by atoms with E-state index in [0.29, 0.717) is 13.2 Å². The quantitative estimate of drug-likeness (QED) is 0.760. The van der Waals surface area contributed by atoms with Gasteiger partial charge in [-0.2, -0.15) is 13.2 Å². The number of hydrogen-bond donors (Lipinski definition) is 2. The highest BCUT2D eigenvalue weighted by Crippen LogP contribution is 2.18. The Morgan fingerprint density at radius 3 is 2.81 bits per heavy atom. The first-order chi connectivity index (χ1) is 7.47. The lowest BCUT2D eigenvalue weighted by Crippen LogP contribution is -2.45. The van der Waals surface area contributed by atoms with E-state index in [-0.39, 0.29) is 18.6 Å². The maximum Gasteiger partial charge on any atom is 0.390 e. The minimum atomic E-state index is -4.07. The highest BCUT2D eigenvalue weighted by atomic mass is 19.4. The molecule has 2 atom stereocenters. The molecule has 1 fully saturated rings. The zero-order chi connectivity index (χ0) is 12.0. The Balaban J connectivity index is 2.08. The Kier molecular flexibility index (Phi) is 5.51. The highest BCUT2D eigenvalue weighted by molar-refractivity contribution is 4.75. The molecule has 0 radical (unpaired) electrons. The molecule has 1 saturated heterocycles. The highest BCUT2D eigenvalue weighted by Gasteiger charge is 2.26. The van der Waals surface area contributed by atoms with Crippen molar-refractivity contribution in [2.24, 2.45) is 0 Å². The normalized spacial score (nSPS) is 24.4. The second-order valence-corrected chi connectivity index (χ2v) is 4.18. The maximum absolute atomic E-state index is 11.9. The Morgan fingerprint density at radius 1 is 1.50 bits per heavy atom. The minimum Gasteiger partial charge on any atom is -0.379 e. The van der Waals surface area contributed by atoms with Crippen molar-refractivity contribution in [3.8, 4) is 0 Å². The maximum atomic E-state index is 11.9. The fraction of sp³-hybridized carbons (Fsp3) is 1.00. The number of ether oxygens (including phenoxy) is 1. The third-order valence-electron chi connectivity index (χ3n) is 2.54. The molecule has 1 rings (SSSR count).